The summed E-state index contributed by atoms with van der Waals surface area (Å²) in [5, 5.41) is 13.1. The highest BCUT2D eigenvalue weighted by atomic mass is 32.1. The number of fused-ring (bicyclic) bond motifs is 2. The highest BCUT2D eigenvalue weighted by Crippen LogP contribution is 2.27. The van der Waals surface area contributed by atoms with E-state index in [4.69, 9.17) is 9.98 Å². The van der Waals surface area contributed by atoms with E-state index in [-0.39, 0.29) is 0 Å². The number of thiazole rings is 1. The van der Waals surface area contributed by atoms with Crippen molar-refractivity contribution in [1.29, 1.82) is 0 Å². The minimum Gasteiger partial charge on any atom is -0.357 e. The number of rotatable bonds is 6. The third kappa shape index (κ3) is 4.16. The third-order valence-electron chi connectivity index (χ3n) is 4.94. The number of nitrogens with zero attached hydrogens (tertiary/aromatic N) is 6. The van der Waals surface area contributed by atoms with Crippen LogP contribution in [0.2, 0.25) is 0 Å². The molecule has 28 heavy (non-hydrogen) atoms. The lowest BCUT2D eigenvalue weighted by Gasteiger charge is -2.20. The second-order valence-electron chi connectivity index (χ2n) is 7.07. The molecule has 3 heterocycles. The predicted octanol–water partition coefficient (Wildman–Crippen LogP) is 2.70. The Morgan fingerprint density at radius 2 is 2.18 bits per heavy atom. The van der Waals surface area contributed by atoms with Crippen LogP contribution in [-0.2, 0) is 25.8 Å². The number of nitrogens with one attached hydrogen (secondary N) is 1. The van der Waals surface area contributed by atoms with E-state index in [1.54, 1.807) is 0 Å². The fourth-order valence-electron chi connectivity index (χ4n) is 3.54. The fourth-order valence-corrected chi connectivity index (χ4v) is 4.75. The minimum atomic E-state index is 0.663. The van der Waals surface area contributed by atoms with Gasteiger partial charge in [0.05, 0.1) is 12.2 Å². The lowest BCUT2D eigenvalue weighted by molar-refractivity contribution is 0.474. The smallest absolute Gasteiger partial charge is 0.194 e. The summed E-state index contributed by atoms with van der Waals surface area (Å²) in [4.78, 5) is 13.3. The average Bonchev–Trinajstić information content (AvgIpc) is 3.30. The Hall–Kier alpha value is -2.48. The van der Waals surface area contributed by atoms with Crippen LogP contribution in [0, 0.1) is 0 Å². The standard InChI is InChI=1S/C20H27N7S/c1-3-21-20(22-12-11-18-25-24-17-10-6-7-13-27(17)18)26(2)14-19-23-15-8-4-5-9-16(15)28-19/h6-7,10,13H,3-5,8-9,11-12,14H2,1-2H3,(H,21,22). The maximum absolute atomic E-state index is 4.86. The molecule has 0 aromatic carbocycles. The Morgan fingerprint density at radius 3 is 3.04 bits per heavy atom. The zero-order valence-electron chi connectivity index (χ0n) is 16.6. The molecular weight excluding hydrogens is 370 g/mol. The first kappa shape index (κ1) is 18.9. The first-order chi connectivity index (χ1) is 13.7. The molecule has 7 nitrogen and oxygen atoms in total. The molecule has 0 bridgehead atoms. The minimum absolute atomic E-state index is 0.663. The van der Waals surface area contributed by atoms with Crippen molar-refractivity contribution in [3.05, 3.63) is 45.8 Å². The second-order valence-corrected chi connectivity index (χ2v) is 8.24. The first-order valence-electron chi connectivity index (χ1n) is 10.00. The van der Waals surface area contributed by atoms with Crippen LogP contribution in [0.1, 0.15) is 41.2 Å². The molecule has 0 unspecified atom stereocenters. The van der Waals surface area contributed by atoms with Gasteiger partial charge in [-0.3, -0.25) is 9.39 Å². The summed E-state index contributed by atoms with van der Waals surface area (Å²) in [6.07, 6.45) is 7.64. The van der Waals surface area contributed by atoms with Crippen LogP contribution in [-0.4, -0.2) is 50.6 Å². The van der Waals surface area contributed by atoms with Gasteiger partial charge in [-0.2, -0.15) is 0 Å². The molecule has 0 amide bonds. The van der Waals surface area contributed by atoms with Gasteiger partial charge in [-0.15, -0.1) is 21.5 Å². The van der Waals surface area contributed by atoms with Crippen LogP contribution < -0.4 is 5.32 Å². The van der Waals surface area contributed by atoms with Gasteiger partial charge in [-0.25, -0.2) is 4.98 Å². The number of guanidine groups is 1. The van der Waals surface area contributed by atoms with Crippen molar-refractivity contribution in [2.24, 2.45) is 4.99 Å². The number of hydrogen-bond donors (Lipinski definition) is 1. The fraction of sp³-hybridized carbons (Fsp3) is 0.500. The average molecular weight is 398 g/mol. The van der Waals surface area contributed by atoms with Gasteiger partial charge in [0, 0.05) is 37.6 Å². The van der Waals surface area contributed by atoms with Crippen molar-refractivity contribution in [1.82, 2.24) is 29.8 Å². The van der Waals surface area contributed by atoms with Gasteiger partial charge in [-0.1, -0.05) is 6.07 Å². The van der Waals surface area contributed by atoms with Crippen LogP contribution in [0.4, 0.5) is 0 Å². The SMILES string of the molecule is CCNC(=NCCc1nnc2ccccn12)N(C)Cc1nc2c(s1)CCCC2. The maximum atomic E-state index is 4.86. The largest absolute Gasteiger partial charge is 0.357 e. The van der Waals surface area contributed by atoms with E-state index in [1.165, 1.54) is 34.8 Å². The summed E-state index contributed by atoms with van der Waals surface area (Å²) >= 11 is 1.87. The van der Waals surface area contributed by atoms with Gasteiger partial charge < -0.3 is 10.2 Å². The normalized spacial score (nSPS) is 14.3. The van der Waals surface area contributed by atoms with Crippen molar-refractivity contribution >= 4 is 22.9 Å². The van der Waals surface area contributed by atoms with E-state index in [1.807, 2.05) is 40.1 Å². The highest BCUT2D eigenvalue weighted by Gasteiger charge is 2.17. The molecule has 0 saturated heterocycles. The molecule has 0 saturated carbocycles. The van der Waals surface area contributed by atoms with Gasteiger partial charge >= 0.3 is 0 Å². The predicted molar refractivity (Wildman–Crippen MR) is 113 cm³/mol. The monoisotopic (exact) mass is 397 g/mol. The number of pyridine rings is 1. The number of aromatic nitrogens is 4. The van der Waals surface area contributed by atoms with Crippen LogP contribution in [0.15, 0.2) is 29.4 Å². The Balaban J connectivity index is 1.41. The van der Waals surface area contributed by atoms with Crippen molar-refractivity contribution in [3.8, 4) is 0 Å². The summed E-state index contributed by atoms with van der Waals surface area (Å²) in [6, 6.07) is 5.93. The molecule has 0 aliphatic heterocycles. The van der Waals surface area contributed by atoms with E-state index in [0.717, 1.165) is 43.4 Å². The molecule has 3 aromatic rings. The number of aryl methyl sites for hydroxylation is 2. The summed E-state index contributed by atoms with van der Waals surface area (Å²) in [7, 11) is 2.08. The summed E-state index contributed by atoms with van der Waals surface area (Å²) in [5.41, 5.74) is 2.19. The molecule has 0 atom stereocenters. The maximum Gasteiger partial charge on any atom is 0.194 e. The van der Waals surface area contributed by atoms with Gasteiger partial charge in [0.25, 0.3) is 0 Å². The Bertz CT molecular complexity index is 935. The summed E-state index contributed by atoms with van der Waals surface area (Å²) in [5.74, 6) is 1.84. The zero-order chi connectivity index (χ0) is 19.3. The van der Waals surface area contributed by atoms with E-state index in [2.05, 4.69) is 34.4 Å². The highest BCUT2D eigenvalue weighted by molar-refractivity contribution is 7.11. The topological polar surface area (TPSA) is 70.7 Å². The van der Waals surface area contributed by atoms with Crippen molar-refractivity contribution in [3.63, 3.8) is 0 Å². The van der Waals surface area contributed by atoms with E-state index in [0.29, 0.717) is 6.54 Å². The Morgan fingerprint density at radius 1 is 1.29 bits per heavy atom. The van der Waals surface area contributed by atoms with Crippen molar-refractivity contribution in [2.75, 3.05) is 20.1 Å². The Labute approximate surface area is 169 Å². The molecule has 148 valence electrons. The molecule has 1 aliphatic carbocycles. The molecule has 3 aromatic heterocycles. The summed E-state index contributed by atoms with van der Waals surface area (Å²) in [6.45, 7) is 4.39. The molecule has 1 N–H and O–H groups in total. The molecule has 8 heteroatoms. The first-order valence-corrected chi connectivity index (χ1v) is 10.8. The van der Waals surface area contributed by atoms with Crippen LogP contribution in [0.25, 0.3) is 5.65 Å². The third-order valence-corrected chi connectivity index (χ3v) is 6.08. The quantitative estimate of drug-likeness (QED) is 0.512. The van der Waals surface area contributed by atoms with Gasteiger partial charge in [0.1, 0.15) is 10.8 Å². The van der Waals surface area contributed by atoms with Crippen LogP contribution >= 0.6 is 11.3 Å². The van der Waals surface area contributed by atoms with Crippen LogP contribution in [0.3, 0.4) is 0 Å². The van der Waals surface area contributed by atoms with Gasteiger partial charge in [0.2, 0.25) is 0 Å². The zero-order valence-corrected chi connectivity index (χ0v) is 17.4. The molecular formula is C20H27N7S. The van der Waals surface area contributed by atoms with Gasteiger partial charge in [0.15, 0.2) is 11.6 Å². The molecule has 0 radical (unpaired) electrons. The molecule has 0 fully saturated rings. The van der Waals surface area contributed by atoms with E-state index >= 15 is 0 Å². The Kier molecular flexibility index (Phi) is 5.85. The lowest BCUT2D eigenvalue weighted by Crippen LogP contribution is -2.38. The molecule has 4 rings (SSSR count). The van der Waals surface area contributed by atoms with E-state index in [9.17, 15) is 0 Å². The molecule has 1 aliphatic rings. The second kappa shape index (κ2) is 8.68. The lowest BCUT2D eigenvalue weighted by atomic mass is 10.0. The number of aliphatic imine (C=N–C) groups is 1. The number of hydrogen-bond acceptors (Lipinski definition) is 5. The molecule has 0 spiro atoms. The van der Waals surface area contributed by atoms with Crippen molar-refractivity contribution in [2.45, 2.75) is 45.6 Å². The summed E-state index contributed by atoms with van der Waals surface area (Å²) < 4.78 is 2.02. The van der Waals surface area contributed by atoms with Gasteiger partial charge in [-0.05, 0) is 44.7 Å². The van der Waals surface area contributed by atoms with Crippen molar-refractivity contribution < 1.29 is 0 Å². The van der Waals surface area contributed by atoms with Crippen LogP contribution in [0.5, 0.6) is 0 Å². The van der Waals surface area contributed by atoms with E-state index < -0.39 is 0 Å².